The monoisotopic (exact) mass is 368 g/mol. The van der Waals surface area contributed by atoms with Crippen LogP contribution in [-0.4, -0.2) is 52.1 Å². The van der Waals surface area contributed by atoms with E-state index in [2.05, 4.69) is 4.72 Å². The minimum Gasteiger partial charge on any atom is -0.495 e. The number of carbonyl (C=O) groups excluding carboxylic acids is 1. The molecule has 0 fully saturated rings. The van der Waals surface area contributed by atoms with Crippen LogP contribution in [0.15, 0.2) is 23.1 Å². The van der Waals surface area contributed by atoms with Crippen LogP contribution in [0.3, 0.4) is 0 Å². The molecule has 0 saturated heterocycles. The van der Waals surface area contributed by atoms with Gasteiger partial charge in [0, 0.05) is 18.7 Å². The Balaban J connectivity index is 3.25. The van der Waals surface area contributed by atoms with Crippen LogP contribution < -0.4 is 9.46 Å². The smallest absolute Gasteiger partial charge is 0.406 e. The van der Waals surface area contributed by atoms with Crippen molar-refractivity contribution in [3.05, 3.63) is 23.8 Å². The second-order valence-corrected chi connectivity index (χ2v) is 7.10. The first kappa shape index (κ1) is 20.2. The second-order valence-electron chi connectivity index (χ2n) is 5.42. The Hall–Kier alpha value is -1.81. The first-order valence-electron chi connectivity index (χ1n) is 6.90. The van der Waals surface area contributed by atoms with Gasteiger partial charge in [-0.25, -0.2) is 13.1 Å². The van der Waals surface area contributed by atoms with Crippen molar-refractivity contribution >= 4 is 15.9 Å². The maximum absolute atomic E-state index is 12.4. The third-order valence-electron chi connectivity index (χ3n) is 2.85. The molecule has 1 N–H and O–H groups in total. The van der Waals surface area contributed by atoms with Crippen LogP contribution in [0.4, 0.5) is 13.2 Å². The second kappa shape index (κ2) is 7.39. The number of alkyl halides is 3. The maximum Gasteiger partial charge on any atom is 0.406 e. The highest BCUT2D eigenvalue weighted by Crippen LogP contribution is 2.26. The van der Waals surface area contributed by atoms with Gasteiger partial charge >= 0.3 is 6.18 Å². The van der Waals surface area contributed by atoms with Gasteiger partial charge < -0.3 is 9.64 Å². The van der Waals surface area contributed by atoms with E-state index in [1.54, 1.807) is 13.8 Å². The van der Waals surface area contributed by atoms with E-state index < -0.39 is 34.7 Å². The molecule has 0 atom stereocenters. The molecule has 0 unspecified atom stereocenters. The molecule has 136 valence electrons. The summed E-state index contributed by atoms with van der Waals surface area (Å²) in [5, 5.41) is 0. The van der Waals surface area contributed by atoms with Gasteiger partial charge in [0.25, 0.3) is 5.91 Å². The molecule has 0 heterocycles. The molecule has 0 aliphatic rings. The largest absolute Gasteiger partial charge is 0.495 e. The number of hydrogen-bond donors (Lipinski definition) is 1. The molecule has 0 radical (unpaired) electrons. The fourth-order valence-electron chi connectivity index (χ4n) is 1.95. The Bertz CT molecular complexity index is 702. The number of halogens is 3. The summed E-state index contributed by atoms with van der Waals surface area (Å²) >= 11 is 0. The van der Waals surface area contributed by atoms with E-state index in [-0.39, 0.29) is 16.2 Å². The Morgan fingerprint density at radius 1 is 1.33 bits per heavy atom. The lowest BCUT2D eigenvalue weighted by atomic mass is 10.2. The predicted octanol–water partition coefficient (Wildman–Crippen LogP) is 2.02. The molecule has 0 spiro atoms. The van der Waals surface area contributed by atoms with Crippen molar-refractivity contribution < 1.29 is 31.1 Å². The number of sulfonamides is 1. The quantitative estimate of drug-likeness (QED) is 0.834. The number of amides is 1. The third kappa shape index (κ3) is 5.38. The van der Waals surface area contributed by atoms with Crippen molar-refractivity contribution in [2.24, 2.45) is 0 Å². The van der Waals surface area contributed by atoms with Crippen molar-refractivity contribution in [1.82, 2.24) is 9.62 Å². The Morgan fingerprint density at radius 3 is 2.38 bits per heavy atom. The molecule has 0 bridgehead atoms. The number of ether oxygens (including phenoxy) is 1. The van der Waals surface area contributed by atoms with Gasteiger partial charge in [0.2, 0.25) is 10.0 Å². The number of rotatable bonds is 6. The van der Waals surface area contributed by atoms with Crippen LogP contribution >= 0.6 is 0 Å². The molecule has 24 heavy (non-hydrogen) atoms. The summed E-state index contributed by atoms with van der Waals surface area (Å²) in [4.78, 5) is 12.2. The fourth-order valence-corrected chi connectivity index (χ4v) is 3.40. The lowest BCUT2D eigenvalue weighted by molar-refractivity contribution is -0.138. The van der Waals surface area contributed by atoms with Gasteiger partial charge in [0.15, 0.2) is 0 Å². The lowest BCUT2D eigenvalue weighted by Crippen LogP contribution is -2.36. The van der Waals surface area contributed by atoms with Crippen molar-refractivity contribution in [3.63, 3.8) is 0 Å². The normalized spacial score (nSPS) is 12.3. The molecular formula is C14H19F3N2O4S. The van der Waals surface area contributed by atoms with Gasteiger partial charge in [-0.2, -0.15) is 13.2 Å². The molecule has 1 aromatic carbocycles. The van der Waals surface area contributed by atoms with E-state index in [0.717, 1.165) is 13.1 Å². The highest BCUT2D eigenvalue weighted by molar-refractivity contribution is 7.89. The molecule has 0 aliphatic heterocycles. The fraction of sp³-hybridized carbons (Fsp3) is 0.500. The highest BCUT2D eigenvalue weighted by atomic mass is 32.2. The van der Waals surface area contributed by atoms with Crippen LogP contribution in [0.1, 0.15) is 24.2 Å². The van der Waals surface area contributed by atoms with E-state index in [0.29, 0.717) is 4.90 Å². The van der Waals surface area contributed by atoms with Crippen LogP contribution in [0.5, 0.6) is 5.75 Å². The molecule has 1 rings (SSSR count). The van der Waals surface area contributed by atoms with Crippen LogP contribution in [-0.2, 0) is 10.0 Å². The number of nitrogens with zero attached hydrogens (tertiary/aromatic N) is 1. The van der Waals surface area contributed by atoms with Crippen molar-refractivity contribution in [2.75, 3.05) is 20.7 Å². The average Bonchev–Trinajstić information content (AvgIpc) is 2.42. The Kier molecular flexibility index (Phi) is 6.23. The first-order valence-corrected chi connectivity index (χ1v) is 8.38. The first-order chi connectivity index (χ1) is 10.9. The SMILES string of the molecule is COc1ccc(C(=O)N(C)CC(F)(F)F)cc1S(=O)(=O)NC(C)C. The van der Waals surface area contributed by atoms with Crippen molar-refractivity contribution in [1.29, 1.82) is 0 Å². The molecule has 1 aromatic rings. The number of carbonyl (C=O) groups is 1. The van der Waals surface area contributed by atoms with E-state index in [1.807, 2.05) is 0 Å². The van der Waals surface area contributed by atoms with Crippen LogP contribution in [0.2, 0.25) is 0 Å². The van der Waals surface area contributed by atoms with Gasteiger partial charge in [-0.3, -0.25) is 4.79 Å². The number of methoxy groups -OCH3 is 1. The summed E-state index contributed by atoms with van der Waals surface area (Å²) in [6, 6.07) is 3.03. The molecule has 0 aromatic heterocycles. The zero-order valence-corrected chi connectivity index (χ0v) is 14.5. The zero-order valence-electron chi connectivity index (χ0n) is 13.6. The minimum atomic E-state index is -4.55. The van der Waals surface area contributed by atoms with E-state index >= 15 is 0 Å². The van der Waals surface area contributed by atoms with Gasteiger partial charge in [0.05, 0.1) is 7.11 Å². The van der Waals surface area contributed by atoms with Crippen molar-refractivity contribution in [2.45, 2.75) is 31.0 Å². The summed E-state index contributed by atoms with van der Waals surface area (Å²) < 4.78 is 69.1. The third-order valence-corrected chi connectivity index (χ3v) is 4.53. The molecule has 1 amide bonds. The standard InChI is InChI=1S/C14H19F3N2O4S/c1-9(2)18-24(21,22)12-7-10(5-6-11(12)23-4)13(20)19(3)8-14(15,16)17/h5-7,9,18H,8H2,1-4H3. The predicted molar refractivity (Wildman–Crippen MR) is 81.5 cm³/mol. The van der Waals surface area contributed by atoms with E-state index in [4.69, 9.17) is 4.74 Å². The summed E-state index contributed by atoms with van der Waals surface area (Å²) in [6.07, 6.45) is -4.55. The van der Waals surface area contributed by atoms with Crippen LogP contribution in [0.25, 0.3) is 0 Å². The average molecular weight is 368 g/mol. The summed E-state index contributed by atoms with van der Waals surface area (Å²) in [6.45, 7) is 1.77. The lowest BCUT2D eigenvalue weighted by Gasteiger charge is -2.20. The van der Waals surface area contributed by atoms with Gasteiger partial charge in [-0.05, 0) is 32.0 Å². The van der Waals surface area contributed by atoms with E-state index in [1.165, 1.54) is 19.2 Å². The van der Waals surface area contributed by atoms with E-state index in [9.17, 15) is 26.4 Å². The number of nitrogens with one attached hydrogen (secondary N) is 1. The van der Waals surface area contributed by atoms with Gasteiger partial charge in [0.1, 0.15) is 17.2 Å². The Morgan fingerprint density at radius 2 is 1.92 bits per heavy atom. The summed E-state index contributed by atoms with van der Waals surface area (Å²) in [5.41, 5.74) is -0.188. The highest BCUT2D eigenvalue weighted by Gasteiger charge is 2.32. The van der Waals surface area contributed by atoms with Gasteiger partial charge in [-0.15, -0.1) is 0 Å². The topological polar surface area (TPSA) is 75.7 Å². The maximum atomic E-state index is 12.4. The molecule has 10 heteroatoms. The molecule has 0 saturated carbocycles. The van der Waals surface area contributed by atoms with Gasteiger partial charge in [-0.1, -0.05) is 0 Å². The number of hydrogen-bond acceptors (Lipinski definition) is 4. The van der Waals surface area contributed by atoms with Crippen LogP contribution in [0, 0.1) is 0 Å². The zero-order chi connectivity index (χ0) is 18.7. The number of benzene rings is 1. The summed E-state index contributed by atoms with van der Waals surface area (Å²) in [7, 11) is -1.75. The summed E-state index contributed by atoms with van der Waals surface area (Å²) in [5.74, 6) is -0.964. The minimum absolute atomic E-state index is 0.0156. The molecule has 0 aliphatic carbocycles. The Labute approximate surface area is 138 Å². The molecular weight excluding hydrogens is 349 g/mol. The molecule has 6 nitrogen and oxygen atoms in total. The van der Waals surface area contributed by atoms with Crippen molar-refractivity contribution in [3.8, 4) is 5.75 Å².